The summed E-state index contributed by atoms with van der Waals surface area (Å²) in [6.45, 7) is 3.06. The Morgan fingerprint density at radius 1 is 1.27 bits per heavy atom. The van der Waals surface area contributed by atoms with Crippen molar-refractivity contribution in [2.24, 2.45) is 0 Å². The van der Waals surface area contributed by atoms with Crippen LogP contribution in [0.1, 0.15) is 36.4 Å². The van der Waals surface area contributed by atoms with Crippen LogP contribution in [-0.4, -0.2) is 19.1 Å². The van der Waals surface area contributed by atoms with Crippen LogP contribution in [-0.2, 0) is 4.79 Å². The lowest BCUT2D eigenvalue weighted by Gasteiger charge is -2.27. The molecule has 1 amide bonds. The van der Waals surface area contributed by atoms with Gasteiger partial charge in [-0.15, -0.1) is 0 Å². The first-order chi connectivity index (χ1) is 12.5. The van der Waals surface area contributed by atoms with Gasteiger partial charge in [-0.05, 0) is 37.6 Å². The summed E-state index contributed by atoms with van der Waals surface area (Å²) in [7, 11) is 0. The van der Waals surface area contributed by atoms with E-state index in [0.29, 0.717) is 41.9 Å². The highest BCUT2D eigenvalue weighted by atomic mass is 35.5. The lowest BCUT2D eigenvalue weighted by molar-refractivity contribution is -0.122. The fourth-order valence-corrected chi connectivity index (χ4v) is 3.40. The molecule has 0 bridgehead atoms. The van der Waals surface area contributed by atoms with E-state index in [0.717, 1.165) is 23.3 Å². The summed E-state index contributed by atoms with van der Waals surface area (Å²) < 4.78 is 11.3. The largest absolute Gasteiger partial charge is 0.493 e. The van der Waals surface area contributed by atoms with Gasteiger partial charge in [-0.1, -0.05) is 40.9 Å². The molecule has 1 aliphatic rings. The summed E-state index contributed by atoms with van der Waals surface area (Å²) in [5, 5.41) is 4.13. The fourth-order valence-electron chi connectivity index (χ4n) is 2.94. The highest BCUT2D eigenvalue weighted by molar-refractivity contribution is 6.35. The Kier molecular flexibility index (Phi) is 6.28. The normalized spacial score (nSPS) is 15.7. The SMILES string of the molecule is Cc1ccc2c(c1)C(NC(=O)CCCOc1ccc(Cl)cc1Cl)CCO2. The summed E-state index contributed by atoms with van der Waals surface area (Å²) in [6, 6.07) is 11.1. The van der Waals surface area contributed by atoms with Crippen molar-refractivity contribution < 1.29 is 14.3 Å². The molecule has 1 aliphatic heterocycles. The summed E-state index contributed by atoms with van der Waals surface area (Å²) in [4.78, 5) is 12.3. The van der Waals surface area contributed by atoms with Gasteiger partial charge in [0.05, 0.1) is 24.3 Å². The van der Waals surface area contributed by atoms with Crippen LogP contribution in [0, 0.1) is 6.92 Å². The van der Waals surface area contributed by atoms with Crippen molar-refractivity contribution in [1.29, 1.82) is 0 Å². The Morgan fingerprint density at radius 3 is 2.92 bits per heavy atom. The molecule has 0 fully saturated rings. The highest BCUT2D eigenvalue weighted by Crippen LogP contribution is 2.32. The smallest absolute Gasteiger partial charge is 0.220 e. The Labute approximate surface area is 163 Å². The van der Waals surface area contributed by atoms with Crippen LogP contribution < -0.4 is 14.8 Å². The number of ether oxygens (including phenoxy) is 2. The quantitative estimate of drug-likeness (QED) is 0.694. The van der Waals surface area contributed by atoms with Gasteiger partial charge in [-0.2, -0.15) is 0 Å². The van der Waals surface area contributed by atoms with Crippen molar-refractivity contribution in [2.45, 2.75) is 32.2 Å². The summed E-state index contributed by atoms with van der Waals surface area (Å²) in [5.41, 5.74) is 2.20. The van der Waals surface area contributed by atoms with Crippen LogP contribution in [0.25, 0.3) is 0 Å². The number of amides is 1. The predicted octanol–water partition coefficient (Wildman–Crippen LogP) is 5.10. The molecule has 4 nitrogen and oxygen atoms in total. The first-order valence-electron chi connectivity index (χ1n) is 8.63. The minimum absolute atomic E-state index is 0.00206. The molecule has 0 saturated heterocycles. The lowest BCUT2D eigenvalue weighted by atomic mass is 9.98. The standard InChI is InChI=1S/C20H21Cl2NO3/c1-13-4-6-18-15(11-13)17(8-10-26-18)23-20(24)3-2-9-25-19-7-5-14(21)12-16(19)22/h4-7,11-12,17H,2-3,8-10H2,1H3,(H,23,24). The maximum atomic E-state index is 12.3. The van der Waals surface area contributed by atoms with Crippen LogP contribution >= 0.6 is 23.2 Å². The topological polar surface area (TPSA) is 47.6 Å². The second-order valence-corrected chi connectivity index (χ2v) is 7.17. The molecule has 1 unspecified atom stereocenters. The van der Waals surface area contributed by atoms with Crippen molar-refractivity contribution >= 4 is 29.1 Å². The number of carbonyl (C=O) groups is 1. The van der Waals surface area contributed by atoms with Crippen molar-refractivity contribution in [3.63, 3.8) is 0 Å². The predicted molar refractivity (Wildman–Crippen MR) is 103 cm³/mol. The van der Waals surface area contributed by atoms with Gasteiger partial charge in [0.25, 0.3) is 0 Å². The number of hydrogen-bond acceptors (Lipinski definition) is 3. The average Bonchev–Trinajstić information content (AvgIpc) is 2.61. The van der Waals surface area contributed by atoms with Crippen molar-refractivity contribution in [2.75, 3.05) is 13.2 Å². The molecule has 0 aliphatic carbocycles. The van der Waals surface area contributed by atoms with Crippen LogP contribution in [0.3, 0.4) is 0 Å². The molecule has 1 heterocycles. The van der Waals surface area contributed by atoms with Crippen molar-refractivity contribution in [1.82, 2.24) is 5.32 Å². The number of rotatable bonds is 6. The van der Waals surface area contributed by atoms with E-state index < -0.39 is 0 Å². The van der Waals surface area contributed by atoms with Gasteiger partial charge in [0.1, 0.15) is 11.5 Å². The van der Waals surface area contributed by atoms with Crippen molar-refractivity contribution in [3.8, 4) is 11.5 Å². The molecule has 1 atom stereocenters. The Balaban J connectivity index is 1.47. The fraction of sp³-hybridized carbons (Fsp3) is 0.350. The number of aryl methyl sites for hydroxylation is 1. The van der Waals surface area contributed by atoms with E-state index in [1.54, 1.807) is 18.2 Å². The van der Waals surface area contributed by atoms with E-state index in [1.807, 2.05) is 19.1 Å². The van der Waals surface area contributed by atoms with E-state index in [1.165, 1.54) is 0 Å². The van der Waals surface area contributed by atoms with Crippen LogP contribution in [0.5, 0.6) is 11.5 Å². The average molecular weight is 394 g/mol. The first kappa shape index (κ1) is 18.9. The van der Waals surface area contributed by atoms with E-state index in [2.05, 4.69) is 11.4 Å². The number of hydrogen-bond donors (Lipinski definition) is 1. The molecule has 6 heteroatoms. The van der Waals surface area contributed by atoms with Crippen molar-refractivity contribution in [3.05, 3.63) is 57.6 Å². The second-order valence-electron chi connectivity index (χ2n) is 6.33. The molecule has 26 heavy (non-hydrogen) atoms. The summed E-state index contributed by atoms with van der Waals surface area (Å²) in [5.74, 6) is 1.44. The third-order valence-corrected chi connectivity index (χ3v) is 4.77. The molecule has 138 valence electrons. The van der Waals surface area contributed by atoms with Gasteiger partial charge in [-0.3, -0.25) is 4.79 Å². The molecule has 2 aromatic rings. The first-order valence-corrected chi connectivity index (χ1v) is 9.39. The molecule has 2 aromatic carbocycles. The van der Waals surface area contributed by atoms with Gasteiger partial charge in [0.15, 0.2) is 0 Å². The van der Waals surface area contributed by atoms with Gasteiger partial charge >= 0.3 is 0 Å². The maximum absolute atomic E-state index is 12.3. The van der Waals surface area contributed by atoms with E-state index in [4.69, 9.17) is 32.7 Å². The molecule has 1 N–H and O–H groups in total. The number of benzene rings is 2. The van der Waals surface area contributed by atoms with E-state index >= 15 is 0 Å². The summed E-state index contributed by atoms with van der Waals surface area (Å²) in [6.07, 6.45) is 1.78. The maximum Gasteiger partial charge on any atom is 0.220 e. The second kappa shape index (κ2) is 8.65. The Bertz CT molecular complexity index is 795. The Morgan fingerprint density at radius 2 is 2.12 bits per heavy atom. The molecule has 0 saturated carbocycles. The van der Waals surface area contributed by atoms with Crippen LogP contribution in [0.15, 0.2) is 36.4 Å². The molecular weight excluding hydrogens is 373 g/mol. The number of fused-ring (bicyclic) bond motifs is 1. The molecular formula is C20H21Cl2NO3. The monoisotopic (exact) mass is 393 g/mol. The van der Waals surface area contributed by atoms with Gasteiger partial charge in [0.2, 0.25) is 5.91 Å². The number of nitrogens with one attached hydrogen (secondary N) is 1. The van der Waals surface area contributed by atoms with Crippen LogP contribution in [0.4, 0.5) is 0 Å². The molecule has 3 rings (SSSR count). The molecule has 0 radical (unpaired) electrons. The lowest BCUT2D eigenvalue weighted by Crippen LogP contribution is -2.32. The third kappa shape index (κ3) is 4.83. The minimum Gasteiger partial charge on any atom is -0.493 e. The zero-order valence-corrected chi connectivity index (χ0v) is 16.1. The third-order valence-electron chi connectivity index (χ3n) is 4.24. The van der Waals surface area contributed by atoms with Gasteiger partial charge in [-0.25, -0.2) is 0 Å². The van der Waals surface area contributed by atoms with E-state index in [9.17, 15) is 4.79 Å². The van der Waals surface area contributed by atoms with Gasteiger partial charge < -0.3 is 14.8 Å². The van der Waals surface area contributed by atoms with Gasteiger partial charge in [0, 0.05) is 23.4 Å². The number of halogens is 2. The van der Waals surface area contributed by atoms with Crippen LogP contribution in [0.2, 0.25) is 10.0 Å². The molecule has 0 aromatic heterocycles. The number of carbonyl (C=O) groups excluding carboxylic acids is 1. The minimum atomic E-state index is -0.00206. The zero-order valence-electron chi connectivity index (χ0n) is 14.6. The summed E-state index contributed by atoms with van der Waals surface area (Å²) >= 11 is 11.9. The molecule has 0 spiro atoms. The zero-order chi connectivity index (χ0) is 18.5. The Hall–Kier alpha value is -1.91. The van der Waals surface area contributed by atoms with E-state index in [-0.39, 0.29) is 11.9 Å². The highest BCUT2D eigenvalue weighted by Gasteiger charge is 2.22.